The molecule has 1 aliphatic heterocycles. The van der Waals surface area contributed by atoms with E-state index in [2.05, 4.69) is 21.3 Å². The number of aromatic nitrogens is 1. The van der Waals surface area contributed by atoms with E-state index in [1.807, 2.05) is 18.2 Å². The number of benzene rings is 1. The van der Waals surface area contributed by atoms with E-state index in [4.69, 9.17) is 10.5 Å². The summed E-state index contributed by atoms with van der Waals surface area (Å²) >= 11 is 1.42. The molecule has 1 aromatic carbocycles. The molecule has 1 fully saturated rings. The molecule has 3 N–H and O–H groups in total. The van der Waals surface area contributed by atoms with Gasteiger partial charge < -0.3 is 20.7 Å². The zero-order valence-corrected chi connectivity index (χ0v) is 14.5. The smallest absolute Gasteiger partial charge is 0.270 e. The van der Waals surface area contributed by atoms with E-state index in [1.165, 1.54) is 11.3 Å². The number of rotatable bonds is 6. The molecule has 128 valence electrons. The van der Waals surface area contributed by atoms with Gasteiger partial charge in [0.1, 0.15) is 16.5 Å². The molecule has 0 unspecified atom stereocenters. The van der Waals surface area contributed by atoms with Crippen LogP contribution in [0.4, 0.5) is 5.69 Å². The van der Waals surface area contributed by atoms with Crippen LogP contribution in [0.1, 0.15) is 21.9 Å². The number of nitrogens with two attached hydrogens (primary N) is 1. The molecule has 2 heterocycles. The molecule has 0 aliphatic carbocycles. The number of amides is 1. The first-order valence-electron chi connectivity index (χ1n) is 8.02. The van der Waals surface area contributed by atoms with Gasteiger partial charge in [-0.15, -0.1) is 11.3 Å². The highest BCUT2D eigenvalue weighted by molar-refractivity contribution is 7.09. The molecular formula is C17H22N4O2S. The Labute approximate surface area is 145 Å². The van der Waals surface area contributed by atoms with Crippen molar-refractivity contribution in [2.75, 3.05) is 31.6 Å². The van der Waals surface area contributed by atoms with Crippen LogP contribution in [0, 0.1) is 5.92 Å². The predicted octanol–water partition coefficient (Wildman–Crippen LogP) is 1.87. The maximum absolute atomic E-state index is 12.1. The summed E-state index contributed by atoms with van der Waals surface area (Å²) in [5.74, 6) is 1.19. The number of methoxy groups -OCH3 is 1. The maximum Gasteiger partial charge on any atom is 0.270 e. The molecule has 1 aromatic heterocycles. The van der Waals surface area contributed by atoms with Crippen molar-refractivity contribution in [3.63, 3.8) is 0 Å². The summed E-state index contributed by atoms with van der Waals surface area (Å²) in [5.41, 5.74) is 7.10. The Balaban J connectivity index is 1.54. The number of anilines is 1. The quantitative estimate of drug-likeness (QED) is 0.835. The Bertz CT molecular complexity index is 703. The Kier molecular flexibility index (Phi) is 5.32. The second kappa shape index (κ2) is 7.63. The molecular weight excluding hydrogens is 324 g/mol. The zero-order valence-electron chi connectivity index (χ0n) is 13.7. The number of carbonyl (C=O) groups excluding carboxylic acids is 1. The molecule has 2 aromatic rings. The predicted molar refractivity (Wildman–Crippen MR) is 95.7 cm³/mol. The number of hydrogen-bond donors (Lipinski definition) is 2. The molecule has 1 amide bonds. The normalized spacial score (nSPS) is 17.1. The lowest BCUT2D eigenvalue weighted by molar-refractivity contribution is 0.0944. The van der Waals surface area contributed by atoms with Gasteiger partial charge in [-0.3, -0.25) is 4.79 Å². The molecule has 0 spiro atoms. The summed E-state index contributed by atoms with van der Waals surface area (Å²) in [6.45, 7) is 2.90. The number of ether oxygens (including phenoxy) is 1. The first-order valence-corrected chi connectivity index (χ1v) is 8.90. The monoisotopic (exact) mass is 346 g/mol. The third-order valence-corrected chi connectivity index (χ3v) is 5.09. The van der Waals surface area contributed by atoms with Gasteiger partial charge in [-0.05, 0) is 24.5 Å². The number of nitrogens with zero attached hydrogens (tertiary/aromatic N) is 2. The van der Waals surface area contributed by atoms with E-state index in [1.54, 1.807) is 12.5 Å². The van der Waals surface area contributed by atoms with E-state index in [-0.39, 0.29) is 5.91 Å². The Morgan fingerprint density at radius 2 is 2.33 bits per heavy atom. The molecule has 0 bridgehead atoms. The fraction of sp³-hybridized carbons (Fsp3) is 0.412. The van der Waals surface area contributed by atoms with Crippen LogP contribution >= 0.6 is 11.3 Å². The molecule has 1 atom stereocenters. The first kappa shape index (κ1) is 16.7. The molecule has 7 heteroatoms. The van der Waals surface area contributed by atoms with Gasteiger partial charge in [0, 0.05) is 31.6 Å². The van der Waals surface area contributed by atoms with E-state index < -0.39 is 0 Å². The summed E-state index contributed by atoms with van der Waals surface area (Å²) < 4.78 is 5.43. The second-order valence-electron chi connectivity index (χ2n) is 5.81. The van der Waals surface area contributed by atoms with Gasteiger partial charge in [-0.25, -0.2) is 4.98 Å². The molecule has 3 rings (SSSR count). The molecule has 24 heavy (non-hydrogen) atoms. The van der Waals surface area contributed by atoms with Gasteiger partial charge in [0.15, 0.2) is 0 Å². The summed E-state index contributed by atoms with van der Waals surface area (Å²) in [4.78, 5) is 18.7. The average Bonchev–Trinajstić information content (AvgIpc) is 3.29. The van der Waals surface area contributed by atoms with Crippen molar-refractivity contribution < 1.29 is 9.53 Å². The molecule has 0 saturated carbocycles. The fourth-order valence-corrected chi connectivity index (χ4v) is 3.60. The van der Waals surface area contributed by atoms with Crippen molar-refractivity contribution in [1.82, 2.24) is 10.3 Å². The topological polar surface area (TPSA) is 80.5 Å². The Hall–Kier alpha value is -2.12. The van der Waals surface area contributed by atoms with Crippen LogP contribution in [0.2, 0.25) is 0 Å². The summed E-state index contributed by atoms with van der Waals surface area (Å²) in [5, 5.41) is 5.52. The third kappa shape index (κ3) is 3.68. The van der Waals surface area contributed by atoms with Crippen LogP contribution < -0.4 is 20.7 Å². The van der Waals surface area contributed by atoms with Crippen molar-refractivity contribution in [2.24, 2.45) is 11.7 Å². The zero-order chi connectivity index (χ0) is 16.9. The SMILES string of the molecule is COc1ccccc1N1CC[C@H](CNC(=O)c2csc(CN)n2)C1. The average molecular weight is 346 g/mol. The Morgan fingerprint density at radius 3 is 3.08 bits per heavy atom. The summed E-state index contributed by atoms with van der Waals surface area (Å²) in [6.07, 6.45) is 1.05. The van der Waals surface area contributed by atoms with Crippen molar-refractivity contribution >= 4 is 22.9 Å². The second-order valence-corrected chi connectivity index (χ2v) is 6.76. The lowest BCUT2D eigenvalue weighted by atomic mass is 10.1. The van der Waals surface area contributed by atoms with E-state index >= 15 is 0 Å². The number of thiazole rings is 1. The van der Waals surface area contributed by atoms with Crippen LogP contribution in [-0.2, 0) is 6.54 Å². The minimum atomic E-state index is -0.123. The van der Waals surface area contributed by atoms with Crippen molar-refractivity contribution in [2.45, 2.75) is 13.0 Å². The van der Waals surface area contributed by atoms with Gasteiger partial charge in [0.2, 0.25) is 0 Å². The van der Waals surface area contributed by atoms with Gasteiger partial charge in [-0.2, -0.15) is 0 Å². The van der Waals surface area contributed by atoms with Crippen molar-refractivity contribution in [1.29, 1.82) is 0 Å². The van der Waals surface area contributed by atoms with Gasteiger partial charge in [-0.1, -0.05) is 12.1 Å². The van der Waals surface area contributed by atoms with Gasteiger partial charge in [0.25, 0.3) is 5.91 Å². The van der Waals surface area contributed by atoms with Gasteiger partial charge in [0.05, 0.1) is 12.8 Å². The molecule has 6 nitrogen and oxygen atoms in total. The van der Waals surface area contributed by atoms with Crippen LogP contribution in [0.3, 0.4) is 0 Å². The fourth-order valence-electron chi connectivity index (χ4n) is 2.95. The van der Waals surface area contributed by atoms with E-state index in [0.717, 1.165) is 36.0 Å². The summed E-state index contributed by atoms with van der Waals surface area (Å²) in [6, 6.07) is 8.04. The molecule has 1 aliphatic rings. The van der Waals surface area contributed by atoms with Gasteiger partial charge >= 0.3 is 0 Å². The lowest BCUT2D eigenvalue weighted by Crippen LogP contribution is -2.31. The highest BCUT2D eigenvalue weighted by Crippen LogP contribution is 2.31. The molecule has 1 saturated heterocycles. The van der Waals surface area contributed by atoms with Crippen LogP contribution in [0.5, 0.6) is 5.75 Å². The van der Waals surface area contributed by atoms with Crippen molar-refractivity contribution in [3.05, 3.63) is 40.3 Å². The highest BCUT2D eigenvalue weighted by Gasteiger charge is 2.25. The molecule has 0 radical (unpaired) electrons. The van der Waals surface area contributed by atoms with Crippen LogP contribution in [0.15, 0.2) is 29.6 Å². The lowest BCUT2D eigenvalue weighted by Gasteiger charge is -2.21. The number of carbonyl (C=O) groups is 1. The third-order valence-electron chi connectivity index (χ3n) is 4.22. The summed E-state index contributed by atoms with van der Waals surface area (Å²) in [7, 11) is 1.69. The standard InChI is InChI=1S/C17H22N4O2S/c1-23-15-5-3-2-4-14(15)21-7-6-12(10-21)9-19-17(22)13-11-24-16(8-18)20-13/h2-5,11-12H,6-10,18H2,1H3,(H,19,22)/t12-/m1/s1. The first-order chi connectivity index (χ1) is 11.7. The maximum atomic E-state index is 12.1. The van der Waals surface area contributed by atoms with E-state index in [0.29, 0.717) is 24.7 Å². The highest BCUT2D eigenvalue weighted by atomic mass is 32.1. The van der Waals surface area contributed by atoms with E-state index in [9.17, 15) is 4.79 Å². The Morgan fingerprint density at radius 1 is 1.50 bits per heavy atom. The minimum Gasteiger partial charge on any atom is -0.495 e. The van der Waals surface area contributed by atoms with Crippen molar-refractivity contribution in [3.8, 4) is 5.75 Å². The number of nitrogens with one attached hydrogen (secondary N) is 1. The van der Waals surface area contributed by atoms with Crippen LogP contribution in [0.25, 0.3) is 0 Å². The minimum absolute atomic E-state index is 0.123. The van der Waals surface area contributed by atoms with Crippen LogP contribution in [-0.4, -0.2) is 37.6 Å². The number of para-hydroxylation sites is 2. The number of hydrogen-bond acceptors (Lipinski definition) is 6. The largest absolute Gasteiger partial charge is 0.495 e.